The highest BCUT2D eigenvalue weighted by molar-refractivity contribution is 7.89. The maximum Gasteiger partial charge on any atom is 0.244 e. The number of halogens is 1. The predicted octanol–water partition coefficient (Wildman–Crippen LogP) is 1.97. The number of thiazole rings is 1. The zero-order chi connectivity index (χ0) is 14.8. The first-order chi connectivity index (χ1) is 9.46. The summed E-state index contributed by atoms with van der Waals surface area (Å²) in [6, 6.07) is 5.12. The Hall–Kier alpha value is -1.82. The normalized spacial score (nSPS) is 11.5. The van der Waals surface area contributed by atoms with Gasteiger partial charge in [-0.1, -0.05) is 6.07 Å². The van der Waals surface area contributed by atoms with Crippen molar-refractivity contribution in [1.29, 1.82) is 5.26 Å². The molecule has 0 radical (unpaired) electrons. The van der Waals surface area contributed by atoms with Crippen molar-refractivity contribution in [1.82, 2.24) is 9.29 Å². The lowest BCUT2D eigenvalue weighted by atomic mass is 10.2. The first kappa shape index (κ1) is 14.6. The second kappa shape index (κ2) is 5.66. The van der Waals surface area contributed by atoms with Crippen LogP contribution in [0.3, 0.4) is 0 Å². The lowest BCUT2D eigenvalue weighted by molar-refractivity contribution is 0.462. The van der Waals surface area contributed by atoms with Crippen molar-refractivity contribution in [3.8, 4) is 6.07 Å². The van der Waals surface area contributed by atoms with Crippen LogP contribution < -0.4 is 0 Å². The van der Waals surface area contributed by atoms with Gasteiger partial charge in [0.2, 0.25) is 10.0 Å². The molecule has 0 N–H and O–H groups in total. The Bertz CT molecular complexity index is 752. The third kappa shape index (κ3) is 2.70. The third-order valence-corrected chi connectivity index (χ3v) is 5.12. The molecule has 1 aromatic carbocycles. The minimum Gasteiger partial charge on any atom is -0.248 e. The molecule has 0 fully saturated rings. The zero-order valence-electron chi connectivity index (χ0n) is 10.4. The molecular formula is C12H10FN3O2S2. The van der Waals surface area contributed by atoms with Gasteiger partial charge in [-0.05, 0) is 12.1 Å². The Balaban J connectivity index is 2.41. The summed E-state index contributed by atoms with van der Waals surface area (Å²) in [6.07, 6.45) is 0. The highest BCUT2D eigenvalue weighted by atomic mass is 32.2. The first-order valence-electron chi connectivity index (χ1n) is 5.49. The van der Waals surface area contributed by atoms with Gasteiger partial charge in [0.1, 0.15) is 22.3 Å². The Morgan fingerprint density at radius 3 is 2.85 bits per heavy atom. The second-order valence-electron chi connectivity index (χ2n) is 3.97. The molecule has 1 heterocycles. The summed E-state index contributed by atoms with van der Waals surface area (Å²) in [5, 5.41) is 10.6. The molecule has 5 nitrogen and oxygen atoms in total. The molecule has 0 bridgehead atoms. The van der Waals surface area contributed by atoms with Gasteiger partial charge in [0.25, 0.3) is 0 Å². The molecule has 0 amide bonds. The van der Waals surface area contributed by atoms with Gasteiger partial charge in [-0.25, -0.2) is 17.8 Å². The van der Waals surface area contributed by atoms with Gasteiger partial charge >= 0.3 is 0 Å². The predicted molar refractivity (Wildman–Crippen MR) is 71.9 cm³/mol. The van der Waals surface area contributed by atoms with Crippen molar-refractivity contribution in [3.63, 3.8) is 0 Å². The van der Waals surface area contributed by atoms with Crippen LogP contribution >= 0.6 is 11.3 Å². The Kier molecular flexibility index (Phi) is 4.13. The van der Waals surface area contributed by atoms with E-state index in [0.29, 0.717) is 5.69 Å². The average molecular weight is 311 g/mol. The van der Waals surface area contributed by atoms with E-state index < -0.39 is 21.4 Å². The van der Waals surface area contributed by atoms with E-state index in [-0.39, 0.29) is 11.4 Å². The minimum absolute atomic E-state index is 0.0627. The third-order valence-electron chi connectivity index (χ3n) is 2.64. The first-order valence-corrected chi connectivity index (χ1v) is 7.87. The number of aromatic nitrogens is 1. The number of nitrogens with zero attached hydrogens (tertiary/aromatic N) is 3. The SMILES string of the molecule is CN(Cc1cscn1)S(=O)(=O)c1cccc(F)c1C#N. The van der Waals surface area contributed by atoms with Crippen LogP contribution in [-0.2, 0) is 16.6 Å². The van der Waals surface area contributed by atoms with Crippen LogP contribution in [0.25, 0.3) is 0 Å². The van der Waals surface area contributed by atoms with E-state index in [1.165, 1.54) is 30.5 Å². The average Bonchev–Trinajstić information content (AvgIpc) is 2.91. The number of rotatable bonds is 4. The molecule has 0 saturated heterocycles. The van der Waals surface area contributed by atoms with Crippen molar-refractivity contribution >= 4 is 21.4 Å². The van der Waals surface area contributed by atoms with Gasteiger partial charge in [0.05, 0.1) is 17.7 Å². The molecule has 0 saturated carbocycles. The summed E-state index contributed by atoms with van der Waals surface area (Å²) in [4.78, 5) is 3.66. The topological polar surface area (TPSA) is 74.1 Å². The van der Waals surface area contributed by atoms with E-state index in [1.807, 2.05) is 0 Å². The van der Waals surface area contributed by atoms with Crippen LogP contribution in [0.4, 0.5) is 4.39 Å². The van der Waals surface area contributed by atoms with Crippen LogP contribution in [0.1, 0.15) is 11.3 Å². The fraction of sp³-hybridized carbons (Fsp3) is 0.167. The van der Waals surface area contributed by atoms with E-state index in [2.05, 4.69) is 4.98 Å². The number of nitriles is 1. The molecule has 0 spiro atoms. The van der Waals surface area contributed by atoms with Crippen molar-refractivity contribution in [2.75, 3.05) is 7.05 Å². The smallest absolute Gasteiger partial charge is 0.244 e. The van der Waals surface area contributed by atoms with Crippen molar-refractivity contribution < 1.29 is 12.8 Å². The van der Waals surface area contributed by atoms with Crippen LogP contribution in [0.2, 0.25) is 0 Å². The Morgan fingerprint density at radius 1 is 1.50 bits per heavy atom. The molecule has 0 atom stereocenters. The van der Waals surface area contributed by atoms with E-state index in [0.717, 1.165) is 10.4 Å². The molecule has 0 aliphatic carbocycles. The van der Waals surface area contributed by atoms with Gasteiger partial charge in [-0.3, -0.25) is 0 Å². The quantitative estimate of drug-likeness (QED) is 0.865. The fourth-order valence-corrected chi connectivity index (χ4v) is 3.46. The Morgan fingerprint density at radius 2 is 2.25 bits per heavy atom. The van der Waals surface area contributed by atoms with Crippen molar-refractivity contribution in [2.45, 2.75) is 11.4 Å². The number of hydrogen-bond acceptors (Lipinski definition) is 5. The maximum atomic E-state index is 13.5. The molecule has 2 rings (SSSR count). The summed E-state index contributed by atoms with van der Waals surface area (Å²) in [6.45, 7) is 0.0627. The highest BCUT2D eigenvalue weighted by Crippen LogP contribution is 2.22. The summed E-state index contributed by atoms with van der Waals surface area (Å²) in [7, 11) is -2.58. The second-order valence-corrected chi connectivity index (χ2v) is 6.70. The maximum absolute atomic E-state index is 13.5. The molecular weight excluding hydrogens is 301 g/mol. The fourth-order valence-electron chi connectivity index (χ4n) is 1.62. The van der Waals surface area contributed by atoms with E-state index in [9.17, 15) is 12.8 Å². The van der Waals surface area contributed by atoms with Gasteiger partial charge in [-0.2, -0.15) is 9.57 Å². The molecule has 8 heteroatoms. The van der Waals surface area contributed by atoms with E-state index in [4.69, 9.17) is 5.26 Å². The number of sulfonamides is 1. The highest BCUT2D eigenvalue weighted by Gasteiger charge is 2.26. The van der Waals surface area contributed by atoms with E-state index >= 15 is 0 Å². The largest absolute Gasteiger partial charge is 0.248 e. The van der Waals surface area contributed by atoms with Crippen LogP contribution in [0.15, 0.2) is 34.0 Å². The lowest BCUT2D eigenvalue weighted by Crippen LogP contribution is -2.27. The zero-order valence-corrected chi connectivity index (χ0v) is 12.1. The van der Waals surface area contributed by atoms with Gasteiger partial charge < -0.3 is 0 Å². The van der Waals surface area contributed by atoms with Crippen LogP contribution in [-0.4, -0.2) is 24.8 Å². The summed E-state index contributed by atoms with van der Waals surface area (Å²) in [5.74, 6) is -0.851. The van der Waals surface area contributed by atoms with Crippen LogP contribution in [0.5, 0.6) is 0 Å². The molecule has 0 unspecified atom stereocenters. The van der Waals surface area contributed by atoms with Crippen molar-refractivity contribution in [2.24, 2.45) is 0 Å². The summed E-state index contributed by atoms with van der Waals surface area (Å²) in [5.41, 5.74) is 1.72. The number of benzene rings is 1. The molecule has 104 valence electrons. The molecule has 2 aromatic rings. The minimum atomic E-state index is -3.94. The molecule has 1 aromatic heterocycles. The summed E-state index contributed by atoms with van der Waals surface area (Å²) >= 11 is 1.35. The monoisotopic (exact) mass is 311 g/mol. The van der Waals surface area contributed by atoms with Crippen molar-refractivity contribution in [3.05, 3.63) is 46.2 Å². The standard InChI is InChI=1S/C12H10FN3O2S2/c1-16(6-9-7-19-8-15-9)20(17,18)12-4-2-3-11(13)10(12)5-14/h2-4,7-8H,6H2,1H3. The lowest BCUT2D eigenvalue weighted by Gasteiger charge is -2.17. The summed E-state index contributed by atoms with van der Waals surface area (Å²) < 4.78 is 39.3. The molecule has 0 aliphatic heterocycles. The molecule has 0 aliphatic rings. The van der Waals surface area contributed by atoms with Crippen LogP contribution in [0, 0.1) is 17.1 Å². The molecule has 20 heavy (non-hydrogen) atoms. The van der Waals surface area contributed by atoms with E-state index in [1.54, 1.807) is 17.0 Å². The van der Waals surface area contributed by atoms with Gasteiger partial charge in [-0.15, -0.1) is 11.3 Å². The Labute approximate surface area is 120 Å². The van der Waals surface area contributed by atoms with Gasteiger partial charge in [0, 0.05) is 12.4 Å². The number of hydrogen-bond donors (Lipinski definition) is 0. The van der Waals surface area contributed by atoms with Gasteiger partial charge in [0.15, 0.2) is 0 Å².